The van der Waals surface area contributed by atoms with Crippen LogP contribution in [0.2, 0.25) is 0 Å². The number of hydrogen-bond acceptors (Lipinski definition) is 15. The zero-order valence-corrected chi connectivity index (χ0v) is 70.5. The number of esters is 4. The lowest BCUT2D eigenvalue weighted by molar-refractivity contribution is -0.161. The highest BCUT2D eigenvalue weighted by Gasteiger charge is 2.30. The number of phosphoric acid groups is 2. The number of phosphoric ester groups is 2. The van der Waals surface area contributed by atoms with Crippen molar-refractivity contribution in [3.8, 4) is 0 Å². The van der Waals surface area contributed by atoms with Crippen LogP contribution in [0, 0.1) is 23.7 Å². The van der Waals surface area contributed by atoms with Gasteiger partial charge >= 0.3 is 39.5 Å². The molecule has 3 N–H and O–H groups in total. The highest BCUT2D eigenvalue weighted by molar-refractivity contribution is 7.47. The van der Waals surface area contributed by atoms with Gasteiger partial charge < -0.3 is 33.8 Å². The number of aliphatic hydroxyl groups is 1. The van der Waals surface area contributed by atoms with Crippen molar-refractivity contribution in [2.45, 2.75) is 459 Å². The van der Waals surface area contributed by atoms with Crippen molar-refractivity contribution in [1.82, 2.24) is 0 Å². The minimum Gasteiger partial charge on any atom is -0.462 e. The maximum absolute atomic E-state index is 13.1. The van der Waals surface area contributed by atoms with E-state index in [9.17, 15) is 43.2 Å². The Morgan fingerprint density at radius 2 is 0.462 bits per heavy atom. The molecular formula is C85H166O17P2. The number of carbonyl (C=O) groups is 4. The molecule has 0 bridgehead atoms. The van der Waals surface area contributed by atoms with Crippen LogP contribution in [-0.4, -0.2) is 96.7 Å². The fourth-order valence-corrected chi connectivity index (χ4v) is 14.7. The van der Waals surface area contributed by atoms with Gasteiger partial charge in [0.25, 0.3) is 0 Å². The molecule has 0 aliphatic heterocycles. The smallest absolute Gasteiger partial charge is 0.462 e. The van der Waals surface area contributed by atoms with E-state index in [4.69, 9.17) is 37.0 Å². The molecule has 0 aromatic carbocycles. The quantitative estimate of drug-likeness (QED) is 0.0222. The minimum absolute atomic E-state index is 0.107. The van der Waals surface area contributed by atoms with Crippen LogP contribution in [0.4, 0.5) is 0 Å². The van der Waals surface area contributed by atoms with Crippen LogP contribution in [0.15, 0.2) is 0 Å². The van der Waals surface area contributed by atoms with Crippen molar-refractivity contribution in [2.24, 2.45) is 23.7 Å². The molecule has 618 valence electrons. The summed E-state index contributed by atoms with van der Waals surface area (Å²) in [4.78, 5) is 73.1. The Balaban J connectivity index is 5.18. The lowest BCUT2D eigenvalue weighted by Gasteiger charge is -2.21. The van der Waals surface area contributed by atoms with E-state index < -0.39 is 97.5 Å². The number of carbonyl (C=O) groups excluding carboxylic acids is 4. The SMILES string of the molecule is CCC(C)CCCCCCCCCCCCCCCCCCCCC(=O)O[C@H](COC(=O)CCCCCCCCC(C)C)COP(=O)(O)OC[C@H](O)COP(=O)(O)OC[C@@H](COC(=O)CCCCCCCCCCCCCC(C)C)OC(=O)CCCCCCCCCCCCCCCCCCC(C)C. The Kier molecular flexibility index (Phi) is 72.5. The van der Waals surface area contributed by atoms with Gasteiger partial charge in [0.2, 0.25) is 0 Å². The summed E-state index contributed by atoms with van der Waals surface area (Å²) in [5, 5.41) is 10.7. The van der Waals surface area contributed by atoms with Gasteiger partial charge in [0.15, 0.2) is 12.2 Å². The molecule has 3 unspecified atom stereocenters. The molecule has 0 aliphatic carbocycles. The van der Waals surface area contributed by atoms with Crippen LogP contribution in [-0.2, 0) is 65.4 Å². The predicted molar refractivity (Wildman–Crippen MR) is 428 cm³/mol. The van der Waals surface area contributed by atoms with E-state index in [0.717, 1.165) is 114 Å². The summed E-state index contributed by atoms with van der Waals surface area (Å²) in [5.41, 5.74) is 0. The minimum atomic E-state index is -4.96. The zero-order valence-electron chi connectivity index (χ0n) is 68.7. The zero-order chi connectivity index (χ0) is 76.7. The Morgan fingerprint density at radius 3 is 0.683 bits per heavy atom. The number of rotatable bonds is 82. The molecule has 19 heteroatoms. The first-order valence-electron chi connectivity index (χ1n) is 43.7. The Morgan fingerprint density at radius 1 is 0.269 bits per heavy atom. The van der Waals surface area contributed by atoms with E-state index in [1.807, 2.05) is 0 Å². The van der Waals surface area contributed by atoms with Crippen molar-refractivity contribution in [3.63, 3.8) is 0 Å². The summed E-state index contributed by atoms with van der Waals surface area (Å²) in [6.45, 7) is 14.3. The number of hydrogen-bond donors (Lipinski definition) is 3. The van der Waals surface area contributed by atoms with Crippen LogP contribution in [0.3, 0.4) is 0 Å². The maximum Gasteiger partial charge on any atom is 0.472 e. The molecule has 0 amide bonds. The second kappa shape index (κ2) is 73.8. The molecule has 0 aliphatic rings. The van der Waals surface area contributed by atoms with Crippen molar-refractivity contribution < 1.29 is 80.2 Å². The second-order valence-corrected chi connectivity index (χ2v) is 35.2. The topological polar surface area (TPSA) is 237 Å². The van der Waals surface area contributed by atoms with Gasteiger partial charge in [-0.2, -0.15) is 0 Å². The molecule has 17 nitrogen and oxygen atoms in total. The molecule has 0 rings (SSSR count). The number of aliphatic hydroxyl groups excluding tert-OH is 1. The molecule has 0 saturated heterocycles. The highest BCUT2D eigenvalue weighted by atomic mass is 31.2. The third-order valence-corrected chi connectivity index (χ3v) is 22.1. The fraction of sp³-hybridized carbons (Fsp3) is 0.953. The largest absolute Gasteiger partial charge is 0.472 e. The Bertz CT molecular complexity index is 2030. The molecule has 0 spiro atoms. The molecular weight excluding hydrogens is 1350 g/mol. The fourth-order valence-electron chi connectivity index (χ4n) is 13.1. The van der Waals surface area contributed by atoms with E-state index in [1.165, 1.54) is 238 Å². The van der Waals surface area contributed by atoms with Crippen molar-refractivity contribution in [3.05, 3.63) is 0 Å². The van der Waals surface area contributed by atoms with Crippen molar-refractivity contribution in [2.75, 3.05) is 39.6 Å². The van der Waals surface area contributed by atoms with E-state index in [-0.39, 0.29) is 25.7 Å². The molecule has 6 atom stereocenters. The summed E-state index contributed by atoms with van der Waals surface area (Å²) >= 11 is 0. The monoisotopic (exact) mass is 1520 g/mol. The van der Waals surface area contributed by atoms with Crippen LogP contribution >= 0.6 is 15.6 Å². The van der Waals surface area contributed by atoms with Crippen molar-refractivity contribution in [1.29, 1.82) is 0 Å². The predicted octanol–water partition coefficient (Wildman–Crippen LogP) is 25.6. The Labute approximate surface area is 638 Å². The lowest BCUT2D eigenvalue weighted by Crippen LogP contribution is -2.30. The van der Waals surface area contributed by atoms with E-state index in [1.54, 1.807) is 0 Å². The van der Waals surface area contributed by atoms with Crippen LogP contribution < -0.4 is 0 Å². The molecule has 0 radical (unpaired) electrons. The molecule has 0 fully saturated rings. The second-order valence-electron chi connectivity index (χ2n) is 32.2. The summed E-state index contributed by atoms with van der Waals surface area (Å²) in [5.74, 6) is 1.02. The molecule has 0 aromatic rings. The summed E-state index contributed by atoms with van der Waals surface area (Å²) in [6, 6.07) is 0. The van der Waals surface area contributed by atoms with Gasteiger partial charge in [-0.3, -0.25) is 37.3 Å². The van der Waals surface area contributed by atoms with E-state index in [0.29, 0.717) is 31.6 Å². The van der Waals surface area contributed by atoms with Gasteiger partial charge in [-0.05, 0) is 49.4 Å². The first-order valence-corrected chi connectivity index (χ1v) is 46.7. The molecule has 0 aromatic heterocycles. The van der Waals surface area contributed by atoms with Gasteiger partial charge in [-0.15, -0.1) is 0 Å². The van der Waals surface area contributed by atoms with Gasteiger partial charge in [-0.25, -0.2) is 9.13 Å². The molecule has 0 saturated carbocycles. The van der Waals surface area contributed by atoms with E-state index in [2.05, 4.69) is 55.4 Å². The number of ether oxygens (including phenoxy) is 4. The molecule has 0 heterocycles. The van der Waals surface area contributed by atoms with Crippen molar-refractivity contribution >= 4 is 39.5 Å². The van der Waals surface area contributed by atoms with Crippen LogP contribution in [0.1, 0.15) is 441 Å². The third-order valence-electron chi connectivity index (χ3n) is 20.2. The van der Waals surface area contributed by atoms with Gasteiger partial charge in [0.1, 0.15) is 19.3 Å². The lowest BCUT2D eigenvalue weighted by atomic mass is 9.99. The number of unbranched alkanes of at least 4 members (excludes halogenated alkanes) is 47. The normalized spacial score (nSPS) is 14.2. The average Bonchev–Trinajstić information content (AvgIpc) is 0.902. The Hall–Kier alpha value is -1.94. The molecule has 104 heavy (non-hydrogen) atoms. The third kappa shape index (κ3) is 76.8. The highest BCUT2D eigenvalue weighted by Crippen LogP contribution is 2.45. The van der Waals surface area contributed by atoms with E-state index >= 15 is 0 Å². The van der Waals surface area contributed by atoms with Gasteiger partial charge in [-0.1, -0.05) is 389 Å². The average molecular weight is 1520 g/mol. The standard InChI is InChI=1S/C85H166O17P2/c1-9-78(8)64-56-48-39-33-27-21-17-12-10-11-13-18-22-28-35-41-51-60-68-85(90)102-81(72-96-83(88)66-58-50-44-43-47-55-63-77(6)7)74-100-104(93,94)98-70-79(86)69-97-103(91,92)99-73-80(71-95-82(87)65-57-49-40-34-30-24-26-32-38-46-54-62-76(4)5)101-84(89)67-59-52-42-36-29-23-19-15-14-16-20-25-31-37-45-53-61-75(2)3/h75-81,86H,9-74H2,1-8H3,(H,91,92)(H,93,94)/t78?,79-,80-,81-/m1/s1. The van der Waals surface area contributed by atoms with Gasteiger partial charge in [0, 0.05) is 25.7 Å². The first-order chi connectivity index (χ1) is 50.1. The maximum atomic E-state index is 13.1. The van der Waals surface area contributed by atoms with Crippen LogP contribution in [0.5, 0.6) is 0 Å². The summed E-state index contributed by atoms with van der Waals surface area (Å²) in [7, 11) is -9.93. The van der Waals surface area contributed by atoms with Crippen LogP contribution in [0.25, 0.3) is 0 Å². The summed E-state index contributed by atoms with van der Waals surface area (Å²) in [6.07, 6.45) is 62.7. The van der Waals surface area contributed by atoms with Gasteiger partial charge in [0.05, 0.1) is 26.4 Å². The first kappa shape index (κ1) is 102. The summed E-state index contributed by atoms with van der Waals surface area (Å²) < 4.78 is 68.8.